The molecule has 1 heterocycles. The van der Waals surface area contributed by atoms with E-state index in [1.165, 1.54) is 50.1 Å². The highest BCUT2D eigenvalue weighted by Gasteiger charge is 2.24. The molecule has 2 unspecified atom stereocenters. The van der Waals surface area contributed by atoms with Crippen molar-refractivity contribution in [2.75, 3.05) is 13.1 Å². The fraction of sp³-hybridized carbons (Fsp3) is 0.812. The lowest BCUT2D eigenvalue weighted by atomic mass is 9.85. The van der Waals surface area contributed by atoms with E-state index >= 15 is 0 Å². The summed E-state index contributed by atoms with van der Waals surface area (Å²) in [6, 6.07) is 0. The highest BCUT2D eigenvalue weighted by atomic mass is 32.1. The number of hydrogen-bond acceptors (Lipinski definition) is 3. The number of hydrogen-bond donors (Lipinski definition) is 1. The molecule has 0 aromatic carbocycles. The minimum absolute atomic E-state index is 0.753. The molecule has 1 saturated carbocycles. The van der Waals surface area contributed by atoms with Crippen molar-refractivity contribution < 1.29 is 0 Å². The summed E-state index contributed by atoms with van der Waals surface area (Å²) in [6.07, 6.45) is 10.2. The van der Waals surface area contributed by atoms with Crippen LogP contribution in [0.15, 0.2) is 11.6 Å². The van der Waals surface area contributed by atoms with Crippen LogP contribution >= 0.6 is 11.3 Å². The molecule has 1 N–H and O–H groups in total. The highest BCUT2D eigenvalue weighted by Crippen LogP contribution is 2.31. The topological polar surface area (TPSA) is 24.9 Å². The van der Waals surface area contributed by atoms with E-state index < -0.39 is 0 Å². The van der Waals surface area contributed by atoms with Crippen LogP contribution in [0.25, 0.3) is 0 Å². The largest absolute Gasteiger partial charge is 0.316 e. The molecule has 19 heavy (non-hydrogen) atoms. The molecule has 0 bridgehead atoms. The van der Waals surface area contributed by atoms with Gasteiger partial charge in [-0.2, -0.15) is 0 Å². The SMILES string of the molecule is CC(C)CNCC1CCCCCC1Cc1nccs1. The maximum atomic E-state index is 4.48. The van der Waals surface area contributed by atoms with Gasteiger partial charge in [0, 0.05) is 18.0 Å². The van der Waals surface area contributed by atoms with E-state index in [2.05, 4.69) is 29.5 Å². The first-order valence-electron chi connectivity index (χ1n) is 7.84. The van der Waals surface area contributed by atoms with Crippen LogP contribution < -0.4 is 5.32 Å². The molecule has 0 aliphatic heterocycles. The maximum Gasteiger partial charge on any atom is 0.0927 e. The first-order valence-corrected chi connectivity index (χ1v) is 8.72. The summed E-state index contributed by atoms with van der Waals surface area (Å²) >= 11 is 1.82. The Morgan fingerprint density at radius 2 is 2.05 bits per heavy atom. The van der Waals surface area contributed by atoms with Gasteiger partial charge in [0.1, 0.15) is 0 Å². The van der Waals surface area contributed by atoms with Crippen LogP contribution in [-0.4, -0.2) is 18.1 Å². The zero-order chi connectivity index (χ0) is 13.5. The molecule has 2 nitrogen and oxygen atoms in total. The van der Waals surface area contributed by atoms with Crippen molar-refractivity contribution in [1.29, 1.82) is 0 Å². The zero-order valence-corrected chi connectivity index (χ0v) is 13.2. The molecular weight excluding hydrogens is 252 g/mol. The summed E-state index contributed by atoms with van der Waals surface area (Å²) in [7, 11) is 0. The van der Waals surface area contributed by atoms with E-state index in [-0.39, 0.29) is 0 Å². The predicted molar refractivity (Wildman–Crippen MR) is 83.6 cm³/mol. The van der Waals surface area contributed by atoms with E-state index in [0.29, 0.717) is 0 Å². The third-order valence-electron chi connectivity index (χ3n) is 4.20. The molecular formula is C16H28N2S. The molecule has 0 saturated heterocycles. The maximum absolute atomic E-state index is 4.48. The molecule has 0 radical (unpaired) electrons. The second kappa shape index (κ2) is 8.01. The first kappa shape index (κ1) is 15.0. The van der Waals surface area contributed by atoms with Gasteiger partial charge < -0.3 is 5.32 Å². The van der Waals surface area contributed by atoms with Crippen molar-refractivity contribution in [1.82, 2.24) is 10.3 Å². The molecule has 2 rings (SSSR count). The van der Waals surface area contributed by atoms with E-state index in [9.17, 15) is 0 Å². The second-order valence-electron chi connectivity index (χ2n) is 6.34. The Kier molecular flexibility index (Phi) is 6.32. The van der Waals surface area contributed by atoms with Gasteiger partial charge in [-0.3, -0.25) is 0 Å². The highest BCUT2D eigenvalue weighted by molar-refractivity contribution is 7.09. The van der Waals surface area contributed by atoms with Gasteiger partial charge in [-0.1, -0.05) is 33.1 Å². The van der Waals surface area contributed by atoms with Gasteiger partial charge in [-0.05, 0) is 43.7 Å². The van der Waals surface area contributed by atoms with Gasteiger partial charge in [-0.25, -0.2) is 4.98 Å². The van der Waals surface area contributed by atoms with Crippen molar-refractivity contribution >= 4 is 11.3 Å². The molecule has 0 amide bonds. The molecule has 1 aromatic heterocycles. The van der Waals surface area contributed by atoms with E-state index in [0.717, 1.165) is 24.3 Å². The van der Waals surface area contributed by atoms with E-state index in [1.807, 2.05) is 17.5 Å². The molecule has 1 fully saturated rings. The van der Waals surface area contributed by atoms with Gasteiger partial charge in [0.15, 0.2) is 0 Å². The molecule has 0 spiro atoms. The van der Waals surface area contributed by atoms with Crippen molar-refractivity contribution in [2.45, 2.75) is 52.4 Å². The van der Waals surface area contributed by atoms with Crippen LogP contribution in [0.4, 0.5) is 0 Å². The minimum Gasteiger partial charge on any atom is -0.316 e. The van der Waals surface area contributed by atoms with Crippen molar-refractivity contribution in [3.05, 3.63) is 16.6 Å². The number of thiazole rings is 1. The first-order chi connectivity index (χ1) is 9.25. The van der Waals surface area contributed by atoms with E-state index in [1.54, 1.807) is 0 Å². The van der Waals surface area contributed by atoms with Gasteiger partial charge in [0.2, 0.25) is 0 Å². The van der Waals surface area contributed by atoms with Crippen LogP contribution in [0.1, 0.15) is 51.0 Å². The van der Waals surface area contributed by atoms with Gasteiger partial charge >= 0.3 is 0 Å². The Morgan fingerprint density at radius 3 is 2.74 bits per heavy atom. The second-order valence-corrected chi connectivity index (χ2v) is 7.32. The number of aromatic nitrogens is 1. The van der Waals surface area contributed by atoms with Crippen LogP contribution in [0.3, 0.4) is 0 Å². The third-order valence-corrected chi connectivity index (χ3v) is 5.00. The monoisotopic (exact) mass is 280 g/mol. The van der Waals surface area contributed by atoms with Gasteiger partial charge in [0.05, 0.1) is 5.01 Å². The van der Waals surface area contributed by atoms with Crippen molar-refractivity contribution in [2.24, 2.45) is 17.8 Å². The number of nitrogens with one attached hydrogen (secondary N) is 1. The Balaban J connectivity index is 1.87. The van der Waals surface area contributed by atoms with Crippen LogP contribution in [0.2, 0.25) is 0 Å². The zero-order valence-electron chi connectivity index (χ0n) is 12.4. The Morgan fingerprint density at radius 1 is 1.26 bits per heavy atom. The smallest absolute Gasteiger partial charge is 0.0927 e. The summed E-state index contributed by atoms with van der Waals surface area (Å²) in [5.74, 6) is 2.45. The Labute approximate surface area is 122 Å². The quantitative estimate of drug-likeness (QED) is 0.793. The normalized spacial score (nSPS) is 24.6. The van der Waals surface area contributed by atoms with Crippen molar-refractivity contribution in [3.8, 4) is 0 Å². The summed E-state index contributed by atoms with van der Waals surface area (Å²) in [5, 5.41) is 7.12. The van der Waals surface area contributed by atoms with Crippen LogP contribution in [-0.2, 0) is 6.42 Å². The third kappa shape index (κ3) is 5.23. The molecule has 2 atom stereocenters. The van der Waals surface area contributed by atoms with Crippen molar-refractivity contribution in [3.63, 3.8) is 0 Å². The summed E-state index contributed by atoms with van der Waals surface area (Å²) in [5.41, 5.74) is 0. The minimum atomic E-state index is 0.753. The summed E-state index contributed by atoms with van der Waals surface area (Å²) in [4.78, 5) is 4.48. The lowest BCUT2D eigenvalue weighted by Crippen LogP contribution is -2.31. The fourth-order valence-electron chi connectivity index (χ4n) is 3.13. The summed E-state index contributed by atoms with van der Waals surface area (Å²) in [6.45, 7) is 6.93. The van der Waals surface area contributed by atoms with E-state index in [4.69, 9.17) is 0 Å². The fourth-order valence-corrected chi connectivity index (χ4v) is 3.84. The predicted octanol–water partition coefficient (Wildman–Crippen LogP) is 4.13. The standard InChI is InChI=1S/C16H28N2S/c1-13(2)11-17-12-15-7-5-3-4-6-14(15)10-16-18-8-9-19-16/h8-9,13-15,17H,3-7,10-12H2,1-2H3. The number of rotatable bonds is 6. The van der Waals surface area contributed by atoms with Gasteiger partial charge in [0.25, 0.3) is 0 Å². The van der Waals surface area contributed by atoms with Gasteiger partial charge in [-0.15, -0.1) is 11.3 Å². The van der Waals surface area contributed by atoms with Crippen LogP contribution in [0.5, 0.6) is 0 Å². The van der Waals surface area contributed by atoms with Crippen LogP contribution in [0, 0.1) is 17.8 Å². The molecule has 108 valence electrons. The molecule has 1 aliphatic carbocycles. The Bertz CT molecular complexity index is 335. The lowest BCUT2D eigenvalue weighted by molar-refractivity contribution is 0.293. The lowest BCUT2D eigenvalue weighted by Gasteiger charge is -2.25. The molecule has 3 heteroatoms. The molecule has 1 aliphatic rings. The Hall–Kier alpha value is -0.410. The molecule has 1 aromatic rings. The average molecular weight is 280 g/mol. The number of nitrogens with zero attached hydrogens (tertiary/aromatic N) is 1. The summed E-state index contributed by atoms with van der Waals surface area (Å²) < 4.78 is 0. The average Bonchev–Trinajstić information content (AvgIpc) is 2.78.